The Hall–Kier alpha value is -7.80. The Kier molecular flexibility index (Phi) is 22.5. The van der Waals surface area contributed by atoms with Gasteiger partial charge in [0.25, 0.3) is 0 Å². The number of hydrogen-bond donors (Lipinski definition) is 6. The van der Waals surface area contributed by atoms with Crippen molar-refractivity contribution < 1.29 is 44.7 Å². The van der Waals surface area contributed by atoms with Gasteiger partial charge < -0.3 is 31.3 Å². The predicted molar refractivity (Wildman–Crippen MR) is 470 cm³/mol. The van der Waals surface area contributed by atoms with E-state index in [4.69, 9.17) is 5.73 Å². The minimum Gasteiger partial charge on any atom is -0.508 e. The monoisotopic (exact) mass is 1600 g/mol. The van der Waals surface area contributed by atoms with Crippen molar-refractivity contribution in [3.05, 3.63) is 178 Å². The summed E-state index contributed by atoms with van der Waals surface area (Å²) in [5, 5.41) is 56.5. The Bertz CT molecular complexity index is 4620. The first-order valence-electron chi connectivity index (χ1n) is 46.5. The van der Waals surface area contributed by atoms with Gasteiger partial charge in [0.1, 0.15) is 28.2 Å². The van der Waals surface area contributed by atoms with Gasteiger partial charge in [-0.05, 0) is 376 Å². The zero-order valence-corrected chi connectivity index (χ0v) is 72.4. The molecule has 0 amide bonds. The van der Waals surface area contributed by atoms with Gasteiger partial charge in [0, 0.05) is 75.3 Å². The standard InChI is InChI=1S/C28H34O2.C27H33NO2.C27H32O3.C27H32O2/c1-18-4-6-20(7-5-18)10-14-28(30)15-12-25-26-19(2)16-21-17-22(29)8-9-23(21)24(26)11-13-27(25,28)3;2*1-17-15-19-16-21(29)7-8-22(19)23-10-12-26(2)24(25(17)23)11-14-27(26,30)13-9-18-3-5-20(28)6-4-18;1-18-16-20-17-21(28)8-9-22(20)23-11-13-26(2)24(25(18)23)12-15-27(26,29)14-10-19-6-4-3-5-7-19/h4-7,17,19,23-26,30H,8-9,11-13,15-16H2,1-3H3;3-6,16-17,22-25,30H,7-8,10-12,14-15,28H2,1-2H3;3-6,16-17,22-25,28,30H,7-8,10-12,14-15H2,1-2H3;3-7,17-18,22-25,29H,8-9,11-13,15-16H2,1-2H3/t19-,23?,24?,25?,26?,27+,28+;2*17-,22?,23?,24?,25?,26+,27+;18-,22?,23?,24?,25?,26+,27+/m1111/s1. The third kappa shape index (κ3) is 14.9. The Morgan fingerprint density at radius 3 is 0.857 bits per heavy atom. The van der Waals surface area contributed by atoms with Crippen molar-refractivity contribution >= 4 is 28.8 Å². The maximum absolute atomic E-state index is 12.0. The van der Waals surface area contributed by atoms with Crippen LogP contribution in [0, 0.1) is 194 Å². The van der Waals surface area contributed by atoms with Crippen LogP contribution in [0.25, 0.3) is 0 Å². The van der Waals surface area contributed by atoms with Crippen LogP contribution in [-0.4, -0.2) is 71.1 Å². The largest absolute Gasteiger partial charge is 0.508 e. The first kappa shape index (κ1) is 83.5. The highest BCUT2D eigenvalue weighted by Crippen LogP contribution is 2.71. The fourth-order valence-corrected chi connectivity index (χ4v) is 30.2. The van der Waals surface area contributed by atoms with Crippen LogP contribution in [0.1, 0.15) is 263 Å². The van der Waals surface area contributed by atoms with Gasteiger partial charge in [0.2, 0.25) is 0 Å². The molecule has 10 nitrogen and oxygen atoms in total. The van der Waals surface area contributed by atoms with Crippen LogP contribution < -0.4 is 5.73 Å². The average Bonchev–Trinajstić information content (AvgIpc) is 1.61. The number of aliphatic hydroxyl groups is 4. The molecule has 0 aliphatic heterocycles. The first-order chi connectivity index (χ1) is 56.8. The van der Waals surface area contributed by atoms with E-state index >= 15 is 0 Å². The van der Waals surface area contributed by atoms with Gasteiger partial charge in [0.05, 0.1) is 0 Å². The van der Waals surface area contributed by atoms with E-state index in [1.807, 2.05) is 78.9 Å². The Balaban J connectivity index is 0.000000113. The third-order valence-electron chi connectivity index (χ3n) is 36.4. The van der Waals surface area contributed by atoms with E-state index in [0.29, 0.717) is 154 Å². The van der Waals surface area contributed by atoms with Crippen molar-refractivity contribution in [1.29, 1.82) is 0 Å². The smallest absolute Gasteiger partial charge is 0.155 e. The molecule has 0 aromatic heterocycles. The van der Waals surface area contributed by atoms with E-state index in [1.165, 1.54) is 27.9 Å². The molecule has 28 atom stereocenters. The Morgan fingerprint density at radius 2 is 0.580 bits per heavy atom. The lowest BCUT2D eigenvalue weighted by Gasteiger charge is -2.56. The second-order valence-electron chi connectivity index (χ2n) is 42.3. The molecule has 626 valence electrons. The number of ketones is 4. The number of phenols is 1. The van der Waals surface area contributed by atoms with E-state index in [-0.39, 0.29) is 27.4 Å². The highest BCUT2D eigenvalue weighted by molar-refractivity contribution is 5.93. The fourth-order valence-electron chi connectivity index (χ4n) is 30.2. The molecule has 0 spiro atoms. The highest BCUT2D eigenvalue weighted by Gasteiger charge is 2.68. The van der Waals surface area contributed by atoms with Crippen molar-refractivity contribution in [2.45, 2.75) is 265 Å². The number of anilines is 1. The van der Waals surface area contributed by atoms with Gasteiger partial charge in [-0.2, -0.15) is 0 Å². The zero-order chi connectivity index (χ0) is 83.5. The van der Waals surface area contributed by atoms with Crippen LogP contribution in [0.4, 0.5) is 5.69 Å². The molecule has 7 N–H and O–H groups in total. The molecule has 0 heterocycles. The number of hydrogen-bond acceptors (Lipinski definition) is 10. The predicted octanol–water partition coefficient (Wildman–Crippen LogP) is 20.2. The number of aryl methyl sites for hydroxylation is 1. The molecule has 4 aromatic rings. The van der Waals surface area contributed by atoms with Crippen LogP contribution in [-0.2, 0) is 19.2 Å². The average molecular weight is 1600 g/mol. The third-order valence-corrected chi connectivity index (χ3v) is 36.4. The minimum atomic E-state index is -0.959. The van der Waals surface area contributed by atoms with Crippen molar-refractivity contribution in [2.75, 3.05) is 5.73 Å². The maximum atomic E-state index is 12.0. The molecule has 10 heteroatoms. The molecule has 16 unspecified atom stereocenters. The van der Waals surface area contributed by atoms with Crippen LogP contribution in [0.15, 0.2) is 150 Å². The Morgan fingerprint density at radius 1 is 0.328 bits per heavy atom. The second-order valence-corrected chi connectivity index (χ2v) is 42.3. The number of carbonyl (C=O) groups is 4. The number of carbonyl (C=O) groups excluding carboxylic acids is 4. The molecule has 119 heavy (non-hydrogen) atoms. The number of rotatable bonds is 0. The van der Waals surface area contributed by atoms with Gasteiger partial charge in [-0.25, -0.2) is 0 Å². The summed E-state index contributed by atoms with van der Waals surface area (Å²) in [5.74, 6) is 39.7. The van der Waals surface area contributed by atoms with Crippen molar-refractivity contribution in [2.24, 2.45) is 140 Å². The summed E-state index contributed by atoms with van der Waals surface area (Å²) in [6, 6.07) is 32.8. The highest BCUT2D eigenvalue weighted by atomic mass is 16.3. The number of nitrogens with two attached hydrogens (primary N) is 1. The summed E-state index contributed by atoms with van der Waals surface area (Å²) >= 11 is 0. The van der Waals surface area contributed by atoms with Gasteiger partial charge in [0.15, 0.2) is 23.1 Å². The summed E-state index contributed by atoms with van der Waals surface area (Å²) in [7, 11) is 0. The van der Waals surface area contributed by atoms with E-state index in [0.717, 1.165) is 195 Å². The molecule has 12 fully saturated rings. The molecular formula is C109H131NO9. The lowest BCUT2D eigenvalue weighted by molar-refractivity contribution is -0.118. The molecule has 16 aliphatic rings. The number of nitrogen functional groups attached to an aromatic ring is 1. The van der Waals surface area contributed by atoms with Gasteiger partial charge in [-0.1, -0.05) is 161 Å². The lowest BCUT2D eigenvalue weighted by atomic mass is 9.48. The summed E-state index contributed by atoms with van der Waals surface area (Å²) in [4.78, 5) is 47.9. The van der Waals surface area contributed by atoms with Crippen LogP contribution >= 0.6 is 0 Å². The molecule has 0 radical (unpaired) electrons. The summed E-state index contributed by atoms with van der Waals surface area (Å²) in [5.41, 5.74) is 12.9. The molecular weight excluding hydrogens is 1470 g/mol. The van der Waals surface area contributed by atoms with Crippen molar-refractivity contribution in [1.82, 2.24) is 0 Å². The SMILES string of the molecule is C[C@@H]1CC2=CC(=O)CCC2C2CC[C@@]3(C)C(CC[C@@]3(O)C#Cc3ccc(N)cc3)C21.C[C@@H]1CC2=CC(=O)CCC2C2CC[C@@]3(C)C(CC[C@@]3(O)C#Cc3ccc(O)cc3)C21.C[C@@H]1CC2=CC(=O)CCC2C2CC[C@@]3(C)C(CC[C@@]3(O)C#Cc3ccccc3)C21.Cc1ccc(C#C[C@]2(O)CCC3C4C(CC[C@@]32C)C2CCC(=O)C=C2C[C@H]4C)cc1. The number of aromatic hydroxyl groups is 1. The van der Waals surface area contributed by atoms with E-state index in [9.17, 15) is 44.7 Å². The van der Waals surface area contributed by atoms with Crippen LogP contribution in [0.5, 0.6) is 5.75 Å². The molecule has 4 aromatic carbocycles. The summed E-state index contributed by atoms with van der Waals surface area (Å²) in [6.45, 7) is 20.8. The molecule has 0 bridgehead atoms. The number of phenolic OH excluding ortho intramolecular Hbond substituents is 1. The Labute approximate surface area is 710 Å². The quantitative estimate of drug-likeness (QED) is 0.0728. The van der Waals surface area contributed by atoms with E-state index in [2.05, 4.69) is 134 Å². The van der Waals surface area contributed by atoms with Crippen LogP contribution in [0.2, 0.25) is 0 Å². The summed E-state index contributed by atoms with van der Waals surface area (Å²) < 4.78 is 0. The second kappa shape index (κ2) is 32.1. The van der Waals surface area contributed by atoms with Crippen molar-refractivity contribution in [3.8, 4) is 53.1 Å². The van der Waals surface area contributed by atoms with Gasteiger partial charge in [-0.3, -0.25) is 19.2 Å². The molecule has 0 saturated heterocycles. The fraction of sp³-hybridized carbons (Fsp3) is 0.596. The van der Waals surface area contributed by atoms with Gasteiger partial charge >= 0.3 is 0 Å². The molecule has 20 rings (SSSR count). The van der Waals surface area contributed by atoms with Gasteiger partial charge in [-0.15, -0.1) is 0 Å². The van der Waals surface area contributed by atoms with Crippen LogP contribution in [0.3, 0.4) is 0 Å². The van der Waals surface area contributed by atoms with E-state index in [1.54, 1.807) is 24.3 Å². The maximum Gasteiger partial charge on any atom is 0.155 e. The topological polar surface area (TPSA) is 195 Å². The zero-order valence-electron chi connectivity index (χ0n) is 72.4. The van der Waals surface area contributed by atoms with E-state index < -0.39 is 22.4 Å². The number of allylic oxidation sites excluding steroid dienone is 4. The number of fused-ring (bicyclic) bond motifs is 20. The normalized spacial score (nSPS) is 42.6. The van der Waals surface area contributed by atoms with Crippen molar-refractivity contribution in [3.63, 3.8) is 0 Å². The minimum absolute atomic E-state index is 0.129. The first-order valence-corrected chi connectivity index (χ1v) is 46.5. The summed E-state index contributed by atoms with van der Waals surface area (Å²) in [6.07, 6.45) is 35.1. The molecule has 12 saturated carbocycles. The lowest BCUT2D eigenvalue weighted by Crippen LogP contribution is -2.54. The molecule has 16 aliphatic carbocycles. The number of benzene rings is 4.